The number of nitrogens with one attached hydrogen (secondary N) is 2. The monoisotopic (exact) mass is 511 g/mol. The van der Waals surface area contributed by atoms with Gasteiger partial charge in [0.1, 0.15) is 17.5 Å². The number of nitrogens with zero attached hydrogens (tertiary/aromatic N) is 3. The van der Waals surface area contributed by atoms with E-state index in [9.17, 15) is 18.9 Å². The van der Waals surface area contributed by atoms with Gasteiger partial charge in [-0.15, -0.1) is 0 Å². The average Bonchev–Trinajstić information content (AvgIpc) is 3.23. The van der Waals surface area contributed by atoms with Crippen LogP contribution in [0.5, 0.6) is 0 Å². The van der Waals surface area contributed by atoms with Crippen molar-refractivity contribution >= 4 is 23.1 Å². The molecule has 4 aromatic rings. The molecule has 0 unspecified atom stereocenters. The minimum Gasteiger partial charge on any atom is -0.361 e. The van der Waals surface area contributed by atoms with Crippen molar-refractivity contribution in [3.63, 3.8) is 0 Å². The molecule has 2 N–H and O–H groups in total. The smallest absolute Gasteiger partial charge is 0.311 e. The number of halogens is 3. The number of pyridine rings is 1. The molecule has 0 aliphatic carbocycles. The highest BCUT2D eigenvalue weighted by molar-refractivity contribution is 6.33. The Kier molecular flexibility index (Phi) is 6.77. The molecule has 36 heavy (non-hydrogen) atoms. The van der Waals surface area contributed by atoms with Gasteiger partial charge in [0.2, 0.25) is 5.82 Å². The number of hydrogen-bond donors (Lipinski definition) is 2. The first-order valence-corrected chi connectivity index (χ1v) is 11.6. The van der Waals surface area contributed by atoms with Crippen LogP contribution in [0.3, 0.4) is 0 Å². The summed E-state index contributed by atoms with van der Waals surface area (Å²) in [5.41, 5.74) is 1.28. The lowest BCUT2D eigenvalue weighted by Gasteiger charge is -2.28. The minimum atomic E-state index is -0.577. The van der Waals surface area contributed by atoms with Crippen LogP contribution in [0.4, 0.5) is 20.3 Å². The second-order valence-electron chi connectivity index (χ2n) is 9.47. The van der Waals surface area contributed by atoms with E-state index in [1.54, 1.807) is 6.07 Å². The van der Waals surface area contributed by atoms with Crippen LogP contribution in [-0.4, -0.2) is 25.9 Å². The summed E-state index contributed by atoms with van der Waals surface area (Å²) in [7, 11) is 0. The van der Waals surface area contributed by atoms with Crippen molar-refractivity contribution in [2.45, 2.75) is 33.7 Å². The van der Waals surface area contributed by atoms with Crippen LogP contribution < -0.4 is 5.32 Å². The maximum Gasteiger partial charge on any atom is 0.311 e. The molecule has 7 nitrogen and oxygen atoms in total. The Morgan fingerprint density at radius 3 is 2.36 bits per heavy atom. The molecule has 2 aromatic heterocycles. The standard InChI is InChI=1S/C26H24ClF2N5O2/c1-14(26(2,3)4)30-24-20(34(35)36)13-12-19(31-24)23-22(15-8-10-16(28)11-9-15)32-25(33-23)21-17(27)6-5-7-18(21)29/h5-14H,1-4H3,(H,30,31)(H,32,33)/t14-/m1/s1. The summed E-state index contributed by atoms with van der Waals surface area (Å²) >= 11 is 6.27. The quantitative estimate of drug-likeness (QED) is 0.206. The zero-order chi connectivity index (χ0) is 26.2. The molecule has 10 heteroatoms. The molecule has 0 radical (unpaired) electrons. The topological polar surface area (TPSA) is 96.7 Å². The number of hydrogen-bond acceptors (Lipinski definition) is 5. The molecule has 0 fully saturated rings. The molecular weight excluding hydrogens is 488 g/mol. The summed E-state index contributed by atoms with van der Waals surface area (Å²) in [5, 5.41) is 15.0. The van der Waals surface area contributed by atoms with Crippen LogP contribution in [0, 0.1) is 27.2 Å². The molecule has 0 saturated carbocycles. The summed E-state index contributed by atoms with van der Waals surface area (Å²) < 4.78 is 28.3. The fourth-order valence-electron chi connectivity index (χ4n) is 3.48. The maximum atomic E-state index is 14.7. The number of aromatic amines is 1. The van der Waals surface area contributed by atoms with Crippen molar-refractivity contribution in [1.82, 2.24) is 15.0 Å². The molecule has 0 bridgehead atoms. The van der Waals surface area contributed by atoms with E-state index in [0.29, 0.717) is 22.6 Å². The molecule has 0 aliphatic heterocycles. The van der Waals surface area contributed by atoms with Gasteiger partial charge in [-0.1, -0.05) is 38.4 Å². The molecule has 0 aliphatic rings. The first-order chi connectivity index (χ1) is 17.0. The Labute approximate surface area is 211 Å². The van der Waals surface area contributed by atoms with E-state index in [4.69, 9.17) is 11.6 Å². The molecule has 4 rings (SSSR count). The van der Waals surface area contributed by atoms with Gasteiger partial charge in [0.05, 0.1) is 32.6 Å². The summed E-state index contributed by atoms with van der Waals surface area (Å²) in [5.74, 6) is -0.772. The van der Waals surface area contributed by atoms with Gasteiger partial charge in [-0.3, -0.25) is 10.1 Å². The van der Waals surface area contributed by atoms with Crippen molar-refractivity contribution in [2.75, 3.05) is 5.32 Å². The van der Waals surface area contributed by atoms with E-state index in [0.717, 1.165) is 0 Å². The van der Waals surface area contributed by atoms with Crippen molar-refractivity contribution in [3.8, 4) is 34.0 Å². The van der Waals surface area contributed by atoms with Crippen LogP contribution in [0.15, 0.2) is 54.6 Å². The van der Waals surface area contributed by atoms with Crippen LogP contribution in [0.1, 0.15) is 27.7 Å². The van der Waals surface area contributed by atoms with Crippen molar-refractivity contribution in [1.29, 1.82) is 0 Å². The number of H-pyrrole nitrogens is 1. The molecule has 0 saturated heterocycles. The Balaban J connectivity index is 1.92. The lowest BCUT2D eigenvalue weighted by atomic mass is 9.88. The predicted molar refractivity (Wildman–Crippen MR) is 137 cm³/mol. The molecule has 1 atom stereocenters. The molecule has 0 spiro atoms. The molecule has 186 valence electrons. The van der Waals surface area contributed by atoms with E-state index >= 15 is 0 Å². The van der Waals surface area contributed by atoms with Crippen molar-refractivity contribution in [3.05, 3.63) is 81.4 Å². The van der Waals surface area contributed by atoms with Gasteiger partial charge in [-0.2, -0.15) is 0 Å². The third-order valence-corrected chi connectivity index (χ3v) is 6.32. The van der Waals surface area contributed by atoms with Crippen LogP contribution in [0.25, 0.3) is 34.0 Å². The first kappa shape index (κ1) is 25.2. The van der Waals surface area contributed by atoms with Gasteiger partial charge in [-0.25, -0.2) is 18.7 Å². The number of nitro groups is 1. The highest BCUT2D eigenvalue weighted by Crippen LogP contribution is 2.37. The average molecular weight is 512 g/mol. The number of rotatable bonds is 6. The number of aromatic nitrogens is 3. The number of imidazole rings is 1. The number of benzene rings is 2. The third-order valence-electron chi connectivity index (χ3n) is 6.00. The normalized spacial score (nSPS) is 12.4. The van der Waals surface area contributed by atoms with E-state index in [2.05, 4.69) is 20.3 Å². The van der Waals surface area contributed by atoms with Gasteiger partial charge in [0.15, 0.2) is 0 Å². The van der Waals surface area contributed by atoms with Gasteiger partial charge in [0, 0.05) is 17.7 Å². The Morgan fingerprint density at radius 2 is 1.75 bits per heavy atom. The second kappa shape index (κ2) is 9.66. The SMILES string of the molecule is C[C@@H](Nc1nc(-c2[nH]c(-c3c(F)cccc3Cl)nc2-c2ccc(F)cc2)ccc1[N+](=O)[O-])C(C)(C)C. The maximum absolute atomic E-state index is 14.7. The summed E-state index contributed by atoms with van der Waals surface area (Å²) in [6.45, 7) is 7.93. The fourth-order valence-corrected chi connectivity index (χ4v) is 3.74. The lowest BCUT2D eigenvalue weighted by Crippen LogP contribution is -2.31. The highest BCUT2D eigenvalue weighted by atomic mass is 35.5. The first-order valence-electron chi connectivity index (χ1n) is 11.2. The van der Waals surface area contributed by atoms with Gasteiger partial charge in [0.25, 0.3) is 0 Å². The van der Waals surface area contributed by atoms with Gasteiger partial charge < -0.3 is 10.3 Å². The third kappa shape index (κ3) is 5.06. The number of anilines is 1. The van der Waals surface area contributed by atoms with Crippen molar-refractivity contribution < 1.29 is 13.7 Å². The van der Waals surface area contributed by atoms with Crippen LogP contribution in [0.2, 0.25) is 5.02 Å². The van der Waals surface area contributed by atoms with E-state index < -0.39 is 16.6 Å². The van der Waals surface area contributed by atoms with Crippen LogP contribution in [-0.2, 0) is 0 Å². The largest absolute Gasteiger partial charge is 0.361 e. The predicted octanol–water partition coefficient (Wildman–Crippen LogP) is 7.49. The minimum absolute atomic E-state index is 0.0652. The Hall–Kier alpha value is -3.85. The molecule has 0 amide bonds. The fraction of sp³-hybridized carbons (Fsp3) is 0.231. The van der Waals surface area contributed by atoms with E-state index in [-0.39, 0.29) is 39.4 Å². The lowest BCUT2D eigenvalue weighted by molar-refractivity contribution is -0.384. The van der Waals surface area contributed by atoms with Crippen molar-refractivity contribution in [2.24, 2.45) is 5.41 Å². The summed E-state index contributed by atoms with van der Waals surface area (Å²) in [6, 6.07) is 12.6. The zero-order valence-corrected chi connectivity index (χ0v) is 20.8. The zero-order valence-electron chi connectivity index (χ0n) is 20.1. The molecular formula is C26H24ClF2N5O2. The Bertz CT molecular complexity index is 1410. The summed E-state index contributed by atoms with van der Waals surface area (Å²) in [6.07, 6.45) is 0. The van der Waals surface area contributed by atoms with Crippen LogP contribution >= 0.6 is 11.6 Å². The summed E-state index contributed by atoms with van der Waals surface area (Å²) in [4.78, 5) is 23.4. The highest BCUT2D eigenvalue weighted by Gasteiger charge is 2.26. The van der Waals surface area contributed by atoms with E-state index in [1.807, 2.05) is 27.7 Å². The molecule has 2 aromatic carbocycles. The van der Waals surface area contributed by atoms with Gasteiger partial charge >= 0.3 is 5.69 Å². The Morgan fingerprint density at radius 1 is 1.06 bits per heavy atom. The molecule has 2 heterocycles. The van der Waals surface area contributed by atoms with Gasteiger partial charge in [-0.05, 0) is 54.8 Å². The second-order valence-corrected chi connectivity index (χ2v) is 9.87. The van der Waals surface area contributed by atoms with E-state index in [1.165, 1.54) is 48.5 Å².